The molecule has 1 heterocycles. The normalized spacial score (nSPS) is 15.0. The molecular formula is C11H16BrNOS. The number of halogens is 1. The lowest BCUT2D eigenvalue weighted by Gasteiger charge is -2.21. The highest BCUT2D eigenvalue weighted by atomic mass is 79.9. The number of thiophene rings is 1. The minimum atomic E-state index is -0.140. The molecule has 1 aromatic rings. The summed E-state index contributed by atoms with van der Waals surface area (Å²) in [7, 11) is 0. The van der Waals surface area contributed by atoms with Crippen LogP contribution in [0.2, 0.25) is 0 Å². The van der Waals surface area contributed by atoms with Gasteiger partial charge in [0.25, 0.3) is 0 Å². The second-order valence-corrected chi connectivity index (χ2v) is 6.21. The Morgan fingerprint density at radius 2 is 2.13 bits per heavy atom. The smallest absolute Gasteiger partial charge is 0.234 e. The van der Waals surface area contributed by atoms with E-state index < -0.39 is 0 Å². The third kappa shape index (κ3) is 3.61. The number of carbonyl (C=O) groups is 1. The van der Waals surface area contributed by atoms with Crippen LogP contribution < -0.4 is 5.32 Å². The van der Waals surface area contributed by atoms with Gasteiger partial charge in [-0.15, -0.1) is 11.3 Å². The first-order chi connectivity index (χ1) is 7.02. The van der Waals surface area contributed by atoms with Gasteiger partial charge in [0.05, 0.1) is 10.9 Å². The fourth-order valence-corrected chi connectivity index (χ4v) is 2.38. The molecule has 1 rings (SSSR count). The van der Waals surface area contributed by atoms with Crippen LogP contribution in [0.25, 0.3) is 0 Å². The fourth-order valence-electron chi connectivity index (χ4n) is 1.30. The van der Waals surface area contributed by atoms with E-state index in [-0.39, 0.29) is 16.8 Å². The van der Waals surface area contributed by atoms with Crippen LogP contribution in [0, 0.1) is 5.92 Å². The summed E-state index contributed by atoms with van der Waals surface area (Å²) in [6.07, 6.45) is 0. The van der Waals surface area contributed by atoms with Gasteiger partial charge in [-0.1, -0.05) is 35.8 Å². The van der Waals surface area contributed by atoms with Crippen molar-refractivity contribution in [2.24, 2.45) is 5.92 Å². The van der Waals surface area contributed by atoms with Gasteiger partial charge < -0.3 is 5.32 Å². The highest BCUT2D eigenvalue weighted by Crippen LogP contribution is 2.25. The van der Waals surface area contributed by atoms with Crippen molar-refractivity contribution in [3.05, 3.63) is 22.4 Å². The molecule has 0 bridgehead atoms. The second kappa shape index (κ2) is 5.66. The molecule has 84 valence electrons. The molecule has 1 N–H and O–H groups in total. The third-order valence-electron chi connectivity index (χ3n) is 2.18. The minimum absolute atomic E-state index is 0.0436. The van der Waals surface area contributed by atoms with E-state index in [1.165, 1.54) is 4.88 Å². The summed E-state index contributed by atoms with van der Waals surface area (Å²) >= 11 is 4.96. The molecule has 1 aromatic heterocycles. The average molecular weight is 290 g/mol. The van der Waals surface area contributed by atoms with E-state index in [1.54, 1.807) is 11.3 Å². The Kier molecular flexibility index (Phi) is 4.80. The maximum Gasteiger partial charge on any atom is 0.234 e. The van der Waals surface area contributed by atoms with Crippen LogP contribution in [0.5, 0.6) is 0 Å². The van der Waals surface area contributed by atoms with E-state index >= 15 is 0 Å². The van der Waals surface area contributed by atoms with E-state index in [2.05, 4.69) is 41.2 Å². The maximum atomic E-state index is 11.6. The van der Waals surface area contributed by atoms with Gasteiger partial charge in [-0.2, -0.15) is 0 Å². The highest BCUT2D eigenvalue weighted by Gasteiger charge is 2.20. The van der Waals surface area contributed by atoms with Gasteiger partial charge in [-0.05, 0) is 24.3 Å². The van der Waals surface area contributed by atoms with E-state index in [0.717, 1.165) is 0 Å². The molecule has 1 amide bonds. The number of nitrogens with one attached hydrogen (secondary N) is 1. The largest absolute Gasteiger partial charge is 0.347 e. The molecule has 0 aliphatic heterocycles. The second-order valence-electron chi connectivity index (χ2n) is 3.86. The summed E-state index contributed by atoms with van der Waals surface area (Å²) in [6, 6.07) is 4.20. The van der Waals surface area contributed by atoms with Gasteiger partial charge in [-0.25, -0.2) is 0 Å². The average Bonchev–Trinajstić information content (AvgIpc) is 2.65. The Hall–Kier alpha value is -0.350. The van der Waals surface area contributed by atoms with Crippen molar-refractivity contribution in [3.8, 4) is 0 Å². The molecule has 0 aliphatic rings. The minimum Gasteiger partial charge on any atom is -0.347 e. The predicted molar refractivity (Wildman–Crippen MR) is 68.4 cm³/mol. The van der Waals surface area contributed by atoms with Gasteiger partial charge in [0.2, 0.25) is 5.91 Å². The summed E-state index contributed by atoms with van der Waals surface area (Å²) < 4.78 is 0. The summed E-state index contributed by atoms with van der Waals surface area (Å²) in [5, 5.41) is 5.08. The Balaban J connectivity index is 2.72. The Bertz CT molecular complexity index is 308. The van der Waals surface area contributed by atoms with Crippen LogP contribution in [-0.2, 0) is 4.79 Å². The zero-order chi connectivity index (χ0) is 11.4. The predicted octanol–water partition coefficient (Wildman–Crippen LogP) is 3.34. The number of hydrogen-bond acceptors (Lipinski definition) is 2. The van der Waals surface area contributed by atoms with E-state index in [9.17, 15) is 4.79 Å². The van der Waals surface area contributed by atoms with Gasteiger partial charge >= 0.3 is 0 Å². The van der Waals surface area contributed by atoms with Crippen LogP contribution in [0.1, 0.15) is 31.7 Å². The molecule has 0 saturated heterocycles. The summed E-state index contributed by atoms with van der Waals surface area (Å²) in [5.74, 6) is 0.445. The number of rotatable bonds is 4. The molecule has 0 spiro atoms. The molecule has 2 atom stereocenters. The van der Waals surface area contributed by atoms with Gasteiger partial charge in [0.1, 0.15) is 0 Å². The van der Waals surface area contributed by atoms with Crippen molar-refractivity contribution in [1.29, 1.82) is 0 Å². The topological polar surface area (TPSA) is 29.1 Å². The van der Waals surface area contributed by atoms with E-state index in [0.29, 0.717) is 5.92 Å². The Morgan fingerprint density at radius 1 is 1.47 bits per heavy atom. The number of hydrogen-bond donors (Lipinski definition) is 1. The first-order valence-electron chi connectivity index (χ1n) is 5.00. The Labute approximate surface area is 103 Å². The first kappa shape index (κ1) is 12.7. The van der Waals surface area contributed by atoms with Gasteiger partial charge in [-0.3, -0.25) is 4.79 Å². The van der Waals surface area contributed by atoms with Crippen molar-refractivity contribution in [2.75, 3.05) is 0 Å². The number of carbonyl (C=O) groups excluding carboxylic acids is 1. The van der Waals surface area contributed by atoms with Gasteiger partial charge in [0.15, 0.2) is 0 Å². The molecule has 4 heteroatoms. The van der Waals surface area contributed by atoms with E-state index in [4.69, 9.17) is 0 Å². The van der Waals surface area contributed by atoms with Crippen molar-refractivity contribution >= 4 is 33.2 Å². The molecule has 0 aromatic carbocycles. The first-order valence-corrected chi connectivity index (χ1v) is 6.79. The lowest BCUT2D eigenvalue weighted by Crippen LogP contribution is -2.35. The summed E-state index contributed by atoms with van der Waals surface area (Å²) in [6.45, 7) is 6.06. The lowest BCUT2D eigenvalue weighted by atomic mass is 10.0. The third-order valence-corrected chi connectivity index (χ3v) is 3.55. The Morgan fingerprint density at radius 3 is 2.53 bits per heavy atom. The zero-order valence-corrected chi connectivity index (χ0v) is 11.6. The quantitative estimate of drug-likeness (QED) is 0.847. The monoisotopic (exact) mass is 289 g/mol. The molecule has 15 heavy (non-hydrogen) atoms. The highest BCUT2D eigenvalue weighted by molar-refractivity contribution is 9.10. The fraction of sp³-hybridized carbons (Fsp3) is 0.545. The molecule has 0 saturated carbocycles. The van der Waals surface area contributed by atoms with Crippen LogP contribution in [-0.4, -0.2) is 10.7 Å². The number of amides is 1. The van der Waals surface area contributed by atoms with Crippen molar-refractivity contribution < 1.29 is 4.79 Å². The van der Waals surface area contributed by atoms with Gasteiger partial charge in [0, 0.05) is 4.88 Å². The molecular weight excluding hydrogens is 274 g/mol. The SMILES string of the molecule is CC(Br)C(=O)NC(c1cccs1)C(C)C. The zero-order valence-electron chi connectivity index (χ0n) is 9.16. The van der Waals surface area contributed by atoms with Crippen molar-refractivity contribution in [2.45, 2.75) is 31.6 Å². The van der Waals surface area contributed by atoms with Crippen LogP contribution in [0.15, 0.2) is 17.5 Å². The molecule has 0 aliphatic carbocycles. The maximum absolute atomic E-state index is 11.6. The van der Waals surface area contributed by atoms with Crippen LogP contribution in [0.4, 0.5) is 0 Å². The molecule has 0 fully saturated rings. The van der Waals surface area contributed by atoms with E-state index in [1.807, 2.05) is 18.4 Å². The van der Waals surface area contributed by atoms with Crippen molar-refractivity contribution in [3.63, 3.8) is 0 Å². The number of alkyl halides is 1. The van der Waals surface area contributed by atoms with Crippen LogP contribution >= 0.6 is 27.3 Å². The standard InChI is InChI=1S/C11H16BrNOS/c1-7(2)10(9-5-4-6-15-9)13-11(14)8(3)12/h4-8,10H,1-3H3,(H,13,14). The molecule has 2 unspecified atom stereocenters. The molecule has 2 nitrogen and oxygen atoms in total. The summed E-state index contributed by atoms with van der Waals surface area (Å²) in [5.41, 5.74) is 0. The molecule has 0 radical (unpaired) electrons. The lowest BCUT2D eigenvalue weighted by molar-refractivity contribution is -0.121. The summed E-state index contributed by atoms with van der Waals surface area (Å²) in [4.78, 5) is 12.7. The van der Waals surface area contributed by atoms with Crippen LogP contribution in [0.3, 0.4) is 0 Å². The van der Waals surface area contributed by atoms with Crippen molar-refractivity contribution in [1.82, 2.24) is 5.32 Å².